The first-order valence-electron chi connectivity index (χ1n) is 13.0. The van der Waals surface area contributed by atoms with Gasteiger partial charge in [0, 0.05) is 11.0 Å². The fourth-order valence-electron chi connectivity index (χ4n) is 5.04. The number of anilines is 1. The van der Waals surface area contributed by atoms with Gasteiger partial charge in [-0.2, -0.15) is 4.40 Å². The molecule has 1 unspecified atom stereocenters. The maximum atomic E-state index is 13.3. The molecule has 0 radical (unpaired) electrons. The van der Waals surface area contributed by atoms with E-state index in [0.29, 0.717) is 17.9 Å². The van der Waals surface area contributed by atoms with Gasteiger partial charge >= 0.3 is 11.6 Å². The van der Waals surface area contributed by atoms with Crippen LogP contribution in [0, 0.1) is 0 Å². The number of nitrogens with two attached hydrogens (primary N) is 1. The van der Waals surface area contributed by atoms with Crippen molar-refractivity contribution in [1.82, 2.24) is 19.6 Å². The van der Waals surface area contributed by atoms with Crippen molar-refractivity contribution >= 4 is 57.4 Å². The molecule has 0 bridgehead atoms. The van der Waals surface area contributed by atoms with E-state index in [2.05, 4.69) is 15.5 Å². The maximum absolute atomic E-state index is 13.3. The third-order valence-electron chi connectivity index (χ3n) is 6.98. The first-order chi connectivity index (χ1) is 20.9. The van der Waals surface area contributed by atoms with E-state index in [1.54, 1.807) is 10.8 Å². The summed E-state index contributed by atoms with van der Waals surface area (Å²) < 4.78 is 9.92. The first-order valence-corrected chi connectivity index (χ1v) is 14.9. The Morgan fingerprint density at radius 1 is 1.21 bits per heavy atom. The monoisotopic (exact) mass is 620 g/mol. The van der Waals surface area contributed by atoms with E-state index in [0.717, 1.165) is 22.5 Å². The fourth-order valence-corrected chi connectivity index (χ4v) is 6.81. The molecule has 5 heterocycles. The number of nitrogen functional groups attached to an aromatic ring is 1. The number of β-lactam (4-membered cyclic amide) rings is 1. The van der Waals surface area contributed by atoms with Crippen LogP contribution in [0.1, 0.15) is 11.3 Å². The lowest BCUT2D eigenvalue weighted by Gasteiger charge is -2.51. The third-order valence-corrected chi connectivity index (χ3v) is 8.87. The Morgan fingerprint density at radius 3 is 2.74 bits per heavy atom. The highest BCUT2D eigenvalue weighted by molar-refractivity contribution is 8.02. The van der Waals surface area contributed by atoms with Gasteiger partial charge in [-0.25, -0.2) is 14.3 Å². The van der Waals surface area contributed by atoms with Crippen LogP contribution in [-0.4, -0.2) is 67.5 Å². The Morgan fingerprint density at radius 2 is 2.02 bits per heavy atom. The predicted octanol–water partition coefficient (Wildman–Crippen LogP) is 1.63. The number of nitrogens with zero attached hydrogens (tertiary/aromatic N) is 5. The highest BCUT2D eigenvalue weighted by Crippen LogP contribution is 2.40. The predicted molar refractivity (Wildman–Crippen MR) is 158 cm³/mol. The maximum Gasteiger partial charge on any atom is 0.331 e. The molecule has 3 atom stereocenters. The average Bonchev–Trinajstić information content (AvgIpc) is 3.63. The van der Waals surface area contributed by atoms with Crippen LogP contribution in [-0.2, 0) is 32.4 Å². The number of hydrogen-bond acceptors (Lipinski definition) is 10. The molecular weight excluding hydrogens is 594 g/mol. The van der Waals surface area contributed by atoms with Crippen molar-refractivity contribution < 1.29 is 33.6 Å². The zero-order valence-corrected chi connectivity index (χ0v) is 24.3. The van der Waals surface area contributed by atoms with E-state index >= 15 is 0 Å². The van der Waals surface area contributed by atoms with E-state index < -0.39 is 35.2 Å². The summed E-state index contributed by atoms with van der Waals surface area (Å²) >= 11 is 2.40. The molecular formula is C28H26N7O6S2+. The molecule has 6 rings (SSSR count). The lowest BCUT2D eigenvalue weighted by molar-refractivity contribution is -0.663. The van der Waals surface area contributed by atoms with Crippen molar-refractivity contribution in [3.05, 3.63) is 88.7 Å². The molecule has 1 aromatic carbocycles. The second-order valence-corrected chi connectivity index (χ2v) is 11.5. The summed E-state index contributed by atoms with van der Waals surface area (Å²) in [6.45, 7) is 0.571. The summed E-state index contributed by atoms with van der Waals surface area (Å²) in [6.07, 6.45) is 5.57. The largest absolute Gasteiger partial charge is 0.481 e. The molecule has 13 nitrogen and oxygen atoms in total. The quantitative estimate of drug-likeness (QED) is 0.103. The standard InChI is InChI=1S/C28H25N7O6S2/c1-40-32-20(18-15-43-28(29)30-18)23(36)31-21-25(37)35-22(27(38)39)17(14-42-26(21)35)12-34-11-10-33-9-5-8-19(24(33)34)41-13-16-6-3-2-4-7-16/h2-11,14-15,21-22,26H,12-13H2,1H3,(H3-,29,30,31,36,38,39)/p+1/b32-20-/t21-,22?,26-/m1/s1. The number of pyridine rings is 1. The number of aliphatic carboxylic acids is 1. The van der Waals surface area contributed by atoms with Gasteiger partial charge in [-0.3, -0.25) is 9.59 Å². The van der Waals surface area contributed by atoms with Gasteiger partial charge in [-0.15, -0.1) is 23.1 Å². The molecule has 0 spiro atoms. The second-order valence-electron chi connectivity index (χ2n) is 9.65. The summed E-state index contributed by atoms with van der Waals surface area (Å²) in [4.78, 5) is 48.9. The third kappa shape index (κ3) is 5.39. The van der Waals surface area contributed by atoms with Crippen LogP contribution < -0.4 is 20.4 Å². The minimum Gasteiger partial charge on any atom is -0.481 e. The first kappa shape index (κ1) is 28.2. The number of fused-ring (bicyclic) bond motifs is 2. The number of rotatable bonds is 10. The Labute approximate surface area is 253 Å². The number of carboxylic acid groups (broad SMARTS) is 1. The summed E-state index contributed by atoms with van der Waals surface area (Å²) in [5, 5.41) is 19.5. The van der Waals surface area contributed by atoms with Crippen LogP contribution in [0.25, 0.3) is 5.65 Å². The molecule has 15 heteroatoms. The number of nitrogens with one attached hydrogen (secondary N) is 1. The number of benzene rings is 1. The van der Waals surface area contributed by atoms with Gasteiger partial charge < -0.3 is 30.6 Å². The normalized spacial score (nSPS) is 19.8. The molecule has 43 heavy (non-hydrogen) atoms. The Kier molecular flexibility index (Phi) is 7.73. The lowest BCUT2D eigenvalue weighted by Crippen LogP contribution is -2.74. The van der Waals surface area contributed by atoms with Crippen LogP contribution >= 0.6 is 23.1 Å². The van der Waals surface area contributed by atoms with Crippen molar-refractivity contribution in [3.63, 3.8) is 0 Å². The minimum atomic E-state index is -1.21. The van der Waals surface area contributed by atoms with Crippen LogP contribution in [0.5, 0.6) is 5.75 Å². The minimum absolute atomic E-state index is 0.143. The molecule has 0 saturated carbocycles. The van der Waals surface area contributed by atoms with E-state index in [1.165, 1.54) is 23.8 Å². The number of ether oxygens (including phenoxy) is 1. The SMILES string of the molecule is CO/N=C(\C(=O)N[C@@H]1C(=O)N2C(C(=O)O)C(C[n+]3ccn4cccc(OCc5ccccc5)c43)=CS[C@H]12)c1csc(N)n1. The van der Waals surface area contributed by atoms with Gasteiger partial charge in [0.1, 0.15) is 49.8 Å². The van der Waals surface area contributed by atoms with E-state index in [9.17, 15) is 19.5 Å². The van der Waals surface area contributed by atoms with E-state index in [4.69, 9.17) is 15.3 Å². The molecule has 2 aliphatic heterocycles. The summed E-state index contributed by atoms with van der Waals surface area (Å²) in [5.74, 6) is -1.74. The highest BCUT2D eigenvalue weighted by Gasteiger charge is 2.56. The van der Waals surface area contributed by atoms with E-state index in [1.807, 2.05) is 70.0 Å². The summed E-state index contributed by atoms with van der Waals surface area (Å²) in [6, 6.07) is 11.3. The lowest BCUT2D eigenvalue weighted by atomic mass is 9.97. The number of amides is 2. The van der Waals surface area contributed by atoms with E-state index in [-0.39, 0.29) is 23.1 Å². The number of carbonyl (C=O) groups is 3. The van der Waals surface area contributed by atoms with Crippen LogP contribution in [0.2, 0.25) is 0 Å². The molecule has 2 amide bonds. The smallest absolute Gasteiger partial charge is 0.331 e. The number of thioether (sulfide) groups is 1. The van der Waals surface area contributed by atoms with Crippen molar-refractivity contribution in [3.8, 4) is 5.75 Å². The van der Waals surface area contributed by atoms with Gasteiger partial charge in [-0.1, -0.05) is 35.5 Å². The van der Waals surface area contributed by atoms with Crippen molar-refractivity contribution in [1.29, 1.82) is 0 Å². The molecule has 0 aliphatic carbocycles. The molecule has 1 fully saturated rings. The van der Waals surface area contributed by atoms with Gasteiger partial charge in [-0.05, 0) is 23.1 Å². The molecule has 4 aromatic rings. The number of oxime groups is 1. The Balaban J connectivity index is 1.21. The average molecular weight is 621 g/mol. The van der Waals surface area contributed by atoms with Crippen LogP contribution in [0.15, 0.2) is 82.6 Å². The zero-order valence-electron chi connectivity index (χ0n) is 22.7. The summed E-state index contributed by atoms with van der Waals surface area (Å²) in [7, 11) is 1.28. The van der Waals surface area contributed by atoms with Crippen molar-refractivity contribution in [2.45, 2.75) is 30.6 Å². The number of thiazole rings is 1. The highest BCUT2D eigenvalue weighted by atomic mass is 32.2. The van der Waals surface area contributed by atoms with Crippen molar-refractivity contribution in [2.75, 3.05) is 12.8 Å². The van der Waals surface area contributed by atoms with Crippen LogP contribution in [0.3, 0.4) is 0 Å². The Hall–Kier alpha value is -4.89. The summed E-state index contributed by atoms with van der Waals surface area (Å²) in [5.41, 5.74) is 8.02. The number of carbonyl (C=O) groups excluding carboxylic acids is 2. The number of carboxylic acids is 1. The van der Waals surface area contributed by atoms with Gasteiger partial charge in [0.2, 0.25) is 11.7 Å². The molecule has 220 valence electrons. The van der Waals surface area contributed by atoms with Gasteiger partial charge in [0.15, 0.2) is 16.9 Å². The second kappa shape index (κ2) is 11.8. The van der Waals surface area contributed by atoms with Crippen LogP contribution in [0.4, 0.5) is 5.13 Å². The number of aromatic nitrogens is 3. The number of hydrogen-bond donors (Lipinski definition) is 3. The molecule has 3 aromatic heterocycles. The topological polar surface area (TPSA) is 165 Å². The molecule has 2 aliphatic rings. The van der Waals surface area contributed by atoms with Gasteiger partial charge in [0.05, 0.1) is 6.20 Å². The molecule has 1 saturated heterocycles. The zero-order chi connectivity index (χ0) is 30.1. The fraction of sp³-hybridized carbons (Fsp3) is 0.214. The van der Waals surface area contributed by atoms with Crippen molar-refractivity contribution in [2.24, 2.45) is 5.16 Å². The Bertz CT molecular complexity index is 1770. The molecule has 4 N–H and O–H groups in total. The number of imidazole rings is 1. The van der Waals surface area contributed by atoms with Gasteiger partial charge in [0.25, 0.3) is 5.91 Å².